The standard InChI is InChI=1S/C24H32FN3O3/c25-19-9-7-17(8-10-19)22(29)18-11-15-27(16-12-18)13-3-4-14-28-23(30)20-5-1-2-6-21(20)26-24(28)31/h7-10,18,20-21H,1-6,11-16H2,(H,26,31). The predicted octanol–water partition coefficient (Wildman–Crippen LogP) is 3.61. The number of benzene rings is 1. The van der Waals surface area contributed by atoms with Crippen LogP contribution in [0, 0.1) is 17.7 Å². The minimum atomic E-state index is -0.325. The van der Waals surface area contributed by atoms with Gasteiger partial charge in [-0.25, -0.2) is 9.18 Å². The van der Waals surface area contributed by atoms with Crippen molar-refractivity contribution in [3.63, 3.8) is 0 Å². The zero-order valence-corrected chi connectivity index (χ0v) is 18.0. The minimum Gasteiger partial charge on any atom is -0.334 e. The second-order valence-corrected chi connectivity index (χ2v) is 9.13. The third kappa shape index (κ3) is 5.14. The summed E-state index contributed by atoms with van der Waals surface area (Å²) in [7, 11) is 0. The van der Waals surface area contributed by atoms with E-state index < -0.39 is 0 Å². The molecule has 3 fully saturated rings. The van der Waals surface area contributed by atoms with Gasteiger partial charge in [0.2, 0.25) is 5.91 Å². The summed E-state index contributed by atoms with van der Waals surface area (Å²) in [6, 6.07) is 5.61. The second-order valence-electron chi connectivity index (χ2n) is 9.13. The van der Waals surface area contributed by atoms with Crippen molar-refractivity contribution in [3.8, 4) is 0 Å². The van der Waals surface area contributed by atoms with Gasteiger partial charge in [0, 0.05) is 24.1 Å². The van der Waals surface area contributed by atoms with Crippen molar-refractivity contribution in [1.29, 1.82) is 0 Å². The number of halogens is 1. The van der Waals surface area contributed by atoms with Crippen LogP contribution in [-0.4, -0.2) is 59.7 Å². The fourth-order valence-corrected chi connectivity index (χ4v) is 5.22. The third-order valence-corrected chi connectivity index (χ3v) is 7.10. The molecule has 0 radical (unpaired) electrons. The van der Waals surface area contributed by atoms with Crippen LogP contribution in [0.2, 0.25) is 0 Å². The maximum atomic E-state index is 13.1. The summed E-state index contributed by atoms with van der Waals surface area (Å²) in [6.45, 7) is 3.12. The van der Waals surface area contributed by atoms with Crippen LogP contribution in [0.15, 0.2) is 24.3 Å². The molecular formula is C24H32FN3O3. The number of ketones is 1. The predicted molar refractivity (Wildman–Crippen MR) is 115 cm³/mol. The molecule has 3 amide bonds. The molecule has 2 unspecified atom stereocenters. The van der Waals surface area contributed by atoms with Crippen LogP contribution in [0.5, 0.6) is 0 Å². The minimum absolute atomic E-state index is 0.000169. The number of imide groups is 1. The first-order chi connectivity index (χ1) is 15.0. The molecule has 2 heterocycles. The third-order valence-electron chi connectivity index (χ3n) is 7.10. The second kappa shape index (κ2) is 9.90. The first kappa shape index (κ1) is 21.9. The maximum absolute atomic E-state index is 13.1. The van der Waals surface area contributed by atoms with E-state index in [0.717, 1.165) is 71.0 Å². The molecule has 2 aliphatic heterocycles. The lowest BCUT2D eigenvalue weighted by atomic mass is 9.82. The summed E-state index contributed by atoms with van der Waals surface area (Å²) < 4.78 is 13.1. The number of urea groups is 1. The zero-order valence-electron chi connectivity index (χ0n) is 18.0. The van der Waals surface area contributed by atoms with Gasteiger partial charge in [0.15, 0.2) is 5.78 Å². The van der Waals surface area contributed by atoms with Crippen molar-refractivity contribution in [2.24, 2.45) is 11.8 Å². The quantitative estimate of drug-likeness (QED) is 0.531. The van der Waals surface area contributed by atoms with Crippen molar-refractivity contribution >= 4 is 17.7 Å². The van der Waals surface area contributed by atoms with Crippen LogP contribution >= 0.6 is 0 Å². The normalized spacial score (nSPS) is 25.3. The lowest BCUT2D eigenvalue weighted by Crippen LogP contribution is -2.60. The number of rotatable bonds is 7. The summed E-state index contributed by atoms with van der Waals surface area (Å²) in [5.74, 6) is -0.249. The van der Waals surface area contributed by atoms with Gasteiger partial charge < -0.3 is 10.2 Å². The van der Waals surface area contributed by atoms with E-state index in [1.165, 1.54) is 17.0 Å². The van der Waals surface area contributed by atoms with Crippen molar-refractivity contribution in [3.05, 3.63) is 35.6 Å². The summed E-state index contributed by atoms with van der Waals surface area (Å²) in [4.78, 5) is 41.4. The molecule has 4 rings (SSSR count). The number of amides is 3. The average Bonchev–Trinajstić information content (AvgIpc) is 2.79. The molecule has 2 atom stereocenters. The Kier molecular flexibility index (Phi) is 7.00. The van der Waals surface area contributed by atoms with Gasteiger partial charge in [0.05, 0.1) is 5.92 Å². The molecule has 2 saturated heterocycles. The Hall–Kier alpha value is -2.28. The number of likely N-dealkylation sites (tertiary alicyclic amines) is 1. The fraction of sp³-hybridized carbons (Fsp3) is 0.625. The van der Waals surface area contributed by atoms with Crippen LogP contribution in [0.1, 0.15) is 61.7 Å². The maximum Gasteiger partial charge on any atom is 0.324 e. The average molecular weight is 430 g/mol. The van der Waals surface area contributed by atoms with Gasteiger partial charge in [-0.1, -0.05) is 12.8 Å². The Balaban J connectivity index is 1.17. The Morgan fingerprint density at radius 2 is 1.65 bits per heavy atom. The Morgan fingerprint density at radius 3 is 2.39 bits per heavy atom. The number of nitrogens with zero attached hydrogens (tertiary/aromatic N) is 2. The fourth-order valence-electron chi connectivity index (χ4n) is 5.22. The number of carbonyl (C=O) groups is 3. The van der Waals surface area contributed by atoms with E-state index in [2.05, 4.69) is 10.2 Å². The molecule has 0 spiro atoms. The van der Waals surface area contributed by atoms with Crippen LogP contribution in [-0.2, 0) is 4.79 Å². The zero-order chi connectivity index (χ0) is 21.8. The number of hydrogen-bond acceptors (Lipinski definition) is 4. The van der Waals surface area contributed by atoms with Gasteiger partial charge in [0.1, 0.15) is 5.82 Å². The van der Waals surface area contributed by atoms with Crippen molar-refractivity contribution in [1.82, 2.24) is 15.1 Å². The Labute approximate surface area is 183 Å². The molecule has 6 nitrogen and oxygen atoms in total. The molecule has 1 aromatic carbocycles. The summed E-state index contributed by atoms with van der Waals surface area (Å²) >= 11 is 0. The van der Waals surface area contributed by atoms with E-state index in [0.29, 0.717) is 12.1 Å². The SMILES string of the molecule is O=C(c1ccc(F)cc1)C1CCN(CCCCN2C(=O)NC3CCCCC3C2=O)CC1. The van der Waals surface area contributed by atoms with E-state index in [1.807, 2.05) is 0 Å². The van der Waals surface area contributed by atoms with Crippen LogP contribution < -0.4 is 5.32 Å². The van der Waals surface area contributed by atoms with E-state index in [1.54, 1.807) is 12.1 Å². The lowest BCUT2D eigenvalue weighted by molar-refractivity contribution is -0.136. The van der Waals surface area contributed by atoms with Crippen molar-refractivity contribution in [2.45, 2.75) is 57.4 Å². The lowest BCUT2D eigenvalue weighted by Gasteiger charge is -2.40. The number of Topliss-reactive ketones (excluding diaryl/α,β-unsaturated/α-hetero) is 1. The molecule has 1 aromatic rings. The van der Waals surface area contributed by atoms with Crippen LogP contribution in [0.25, 0.3) is 0 Å². The van der Waals surface area contributed by atoms with E-state index in [4.69, 9.17) is 0 Å². The summed E-state index contributed by atoms with van der Waals surface area (Å²) in [5, 5.41) is 3.02. The molecule has 3 aliphatic rings. The summed E-state index contributed by atoms with van der Waals surface area (Å²) in [6.07, 6.45) is 7.28. The van der Waals surface area contributed by atoms with E-state index >= 15 is 0 Å². The van der Waals surface area contributed by atoms with Crippen LogP contribution in [0.4, 0.5) is 9.18 Å². The van der Waals surface area contributed by atoms with Gasteiger partial charge in [-0.3, -0.25) is 14.5 Å². The Bertz CT molecular complexity index is 805. The molecular weight excluding hydrogens is 397 g/mol. The van der Waals surface area contributed by atoms with E-state index in [-0.39, 0.29) is 41.4 Å². The van der Waals surface area contributed by atoms with Gasteiger partial charge in [-0.05, 0) is 82.4 Å². The monoisotopic (exact) mass is 429 g/mol. The molecule has 168 valence electrons. The summed E-state index contributed by atoms with van der Waals surface area (Å²) in [5.41, 5.74) is 0.588. The number of fused-ring (bicyclic) bond motifs is 1. The van der Waals surface area contributed by atoms with E-state index in [9.17, 15) is 18.8 Å². The molecule has 1 aliphatic carbocycles. The highest BCUT2D eigenvalue weighted by molar-refractivity contribution is 5.99. The first-order valence-corrected chi connectivity index (χ1v) is 11.7. The van der Waals surface area contributed by atoms with Crippen molar-refractivity contribution < 1.29 is 18.8 Å². The topological polar surface area (TPSA) is 69.7 Å². The smallest absolute Gasteiger partial charge is 0.324 e. The highest BCUT2D eigenvalue weighted by Gasteiger charge is 2.41. The molecule has 7 heteroatoms. The van der Waals surface area contributed by atoms with Gasteiger partial charge in [0.25, 0.3) is 0 Å². The molecule has 1 saturated carbocycles. The number of nitrogens with one attached hydrogen (secondary N) is 1. The van der Waals surface area contributed by atoms with Gasteiger partial charge >= 0.3 is 6.03 Å². The highest BCUT2D eigenvalue weighted by Crippen LogP contribution is 2.29. The van der Waals surface area contributed by atoms with Gasteiger partial charge in [-0.15, -0.1) is 0 Å². The number of piperidine rings is 1. The molecule has 0 bridgehead atoms. The number of hydrogen-bond donors (Lipinski definition) is 1. The molecule has 0 aromatic heterocycles. The first-order valence-electron chi connectivity index (χ1n) is 11.7. The highest BCUT2D eigenvalue weighted by atomic mass is 19.1. The van der Waals surface area contributed by atoms with Gasteiger partial charge in [-0.2, -0.15) is 0 Å². The number of unbranched alkanes of at least 4 members (excludes halogenated alkanes) is 1. The van der Waals surface area contributed by atoms with Crippen molar-refractivity contribution in [2.75, 3.05) is 26.2 Å². The largest absolute Gasteiger partial charge is 0.334 e. The van der Waals surface area contributed by atoms with Crippen LogP contribution in [0.3, 0.4) is 0 Å². The Morgan fingerprint density at radius 1 is 0.968 bits per heavy atom. The number of carbonyl (C=O) groups excluding carboxylic acids is 3. The molecule has 1 N–H and O–H groups in total. The molecule has 31 heavy (non-hydrogen) atoms.